The third-order valence-electron chi connectivity index (χ3n) is 3.35. The van der Waals surface area contributed by atoms with Crippen LogP contribution in [0.25, 0.3) is 0 Å². The highest BCUT2D eigenvalue weighted by atomic mass is 31.2. The second-order valence-corrected chi connectivity index (χ2v) is 6.49. The number of aliphatic hydroxyl groups is 2. The number of carboxylic acids is 1. The zero-order chi connectivity index (χ0) is 20.8. The molecular weight excluding hydrogens is 389 g/mol. The monoisotopic (exact) mass is 409 g/mol. The van der Waals surface area contributed by atoms with Gasteiger partial charge in [-0.15, -0.1) is 0 Å². The molecule has 0 saturated carbocycles. The SMILES string of the molecule is NC(=O)c1ccc[n+]([C@@H]2O[C@H](COP(=O)([O-])[O-])[C@@H](O)[C@H]2O)c1.[NH3+]CC(=O)O. The molecular formula is C13H20N3O10P. The van der Waals surface area contributed by atoms with Gasteiger partial charge in [-0.3, -0.25) is 4.79 Å². The largest absolute Gasteiger partial charge is 0.790 e. The van der Waals surface area contributed by atoms with Crippen molar-refractivity contribution in [3.05, 3.63) is 30.1 Å². The minimum Gasteiger partial charge on any atom is -0.790 e. The van der Waals surface area contributed by atoms with Crippen LogP contribution in [0.1, 0.15) is 16.6 Å². The highest BCUT2D eigenvalue weighted by molar-refractivity contribution is 7.43. The average molecular weight is 409 g/mol. The molecule has 0 radical (unpaired) electrons. The lowest BCUT2D eigenvalue weighted by Gasteiger charge is -2.30. The molecule has 1 aromatic rings. The number of hydrogen-bond acceptors (Lipinski definition) is 9. The summed E-state index contributed by atoms with van der Waals surface area (Å²) in [6.07, 6.45) is -2.44. The van der Waals surface area contributed by atoms with Crippen molar-refractivity contribution in [1.82, 2.24) is 0 Å². The Morgan fingerprint density at radius 3 is 2.44 bits per heavy atom. The summed E-state index contributed by atoms with van der Waals surface area (Å²) in [7, 11) is -5.22. The molecule has 0 spiro atoms. The van der Waals surface area contributed by atoms with Crippen LogP contribution in [0.4, 0.5) is 0 Å². The maximum Gasteiger partial charge on any atom is 0.359 e. The van der Waals surface area contributed by atoms with E-state index in [-0.39, 0.29) is 12.1 Å². The first kappa shape index (κ1) is 23.1. The molecule has 0 aromatic carbocycles. The second-order valence-electron chi connectivity index (χ2n) is 5.34. The van der Waals surface area contributed by atoms with Crippen molar-refractivity contribution < 1.29 is 58.8 Å². The number of nitrogens with zero attached hydrogens (tertiary/aromatic N) is 1. The highest BCUT2D eigenvalue weighted by Crippen LogP contribution is 2.30. The van der Waals surface area contributed by atoms with Crippen molar-refractivity contribution in [2.24, 2.45) is 5.73 Å². The van der Waals surface area contributed by atoms with E-state index in [4.69, 9.17) is 15.6 Å². The van der Waals surface area contributed by atoms with Gasteiger partial charge in [0.1, 0.15) is 17.8 Å². The summed E-state index contributed by atoms with van der Waals surface area (Å²) >= 11 is 0. The Morgan fingerprint density at radius 1 is 1.37 bits per heavy atom. The summed E-state index contributed by atoms with van der Waals surface area (Å²) in [5, 5.41) is 27.4. The number of pyridine rings is 1. The van der Waals surface area contributed by atoms with Crippen LogP contribution < -0.4 is 25.8 Å². The van der Waals surface area contributed by atoms with Crippen molar-refractivity contribution in [1.29, 1.82) is 0 Å². The number of quaternary nitrogens is 1. The van der Waals surface area contributed by atoms with Crippen LogP contribution in [0.2, 0.25) is 0 Å². The number of aliphatic carboxylic acids is 1. The minimum atomic E-state index is -5.22. The Bertz CT molecular complexity index is 711. The van der Waals surface area contributed by atoms with E-state index in [0.717, 1.165) is 0 Å². The molecule has 1 aliphatic rings. The Balaban J connectivity index is 0.000000646. The molecule has 1 amide bonds. The van der Waals surface area contributed by atoms with Gasteiger partial charge in [0.2, 0.25) is 0 Å². The number of phosphoric ester groups is 1. The molecule has 27 heavy (non-hydrogen) atoms. The van der Waals surface area contributed by atoms with E-state index in [0.29, 0.717) is 0 Å². The first-order valence-electron chi connectivity index (χ1n) is 7.46. The van der Waals surface area contributed by atoms with Crippen molar-refractivity contribution in [2.45, 2.75) is 24.5 Å². The Hall–Kier alpha value is -1.96. The lowest BCUT2D eigenvalue weighted by Crippen LogP contribution is -2.54. The van der Waals surface area contributed by atoms with Crippen molar-refractivity contribution in [2.75, 3.05) is 13.2 Å². The number of carbonyl (C=O) groups excluding carboxylic acids is 1. The molecule has 0 unspecified atom stereocenters. The number of aliphatic hydroxyl groups excluding tert-OH is 2. The second kappa shape index (κ2) is 9.82. The lowest BCUT2D eigenvalue weighted by molar-refractivity contribution is -0.765. The number of amides is 1. The van der Waals surface area contributed by atoms with Gasteiger partial charge in [0.15, 0.2) is 25.0 Å². The molecule has 1 fully saturated rings. The summed E-state index contributed by atoms with van der Waals surface area (Å²) in [4.78, 5) is 41.3. The van der Waals surface area contributed by atoms with E-state index in [1.807, 2.05) is 0 Å². The quantitative estimate of drug-likeness (QED) is 0.221. The summed E-state index contributed by atoms with van der Waals surface area (Å²) in [6, 6.07) is 2.93. The summed E-state index contributed by atoms with van der Waals surface area (Å²) in [5.41, 5.74) is 8.38. The Morgan fingerprint density at radius 2 is 1.96 bits per heavy atom. The van der Waals surface area contributed by atoms with Crippen molar-refractivity contribution in [3.63, 3.8) is 0 Å². The topological polar surface area (TPSA) is 234 Å². The molecule has 14 heteroatoms. The molecule has 0 bridgehead atoms. The van der Waals surface area contributed by atoms with Gasteiger partial charge in [0, 0.05) is 6.07 Å². The van der Waals surface area contributed by atoms with Gasteiger partial charge in [0.25, 0.3) is 12.1 Å². The van der Waals surface area contributed by atoms with E-state index in [2.05, 4.69) is 10.3 Å². The smallest absolute Gasteiger partial charge is 0.359 e. The predicted octanol–water partition coefficient (Wildman–Crippen LogP) is -5.15. The van der Waals surface area contributed by atoms with Gasteiger partial charge in [0.05, 0.1) is 14.4 Å². The summed E-state index contributed by atoms with van der Waals surface area (Å²) < 4.78 is 21.1. The minimum absolute atomic E-state index is 0.0278. The van der Waals surface area contributed by atoms with E-state index in [1.165, 1.54) is 29.1 Å². The lowest BCUT2D eigenvalue weighted by atomic mass is 10.1. The van der Waals surface area contributed by atoms with Crippen molar-refractivity contribution in [3.8, 4) is 0 Å². The normalized spacial score (nSPS) is 24.8. The van der Waals surface area contributed by atoms with Gasteiger partial charge >= 0.3 is 5.97 Å². The molecule has 1 aromatic heterocycles. The standard InChI is InChI=1S/C11H15N2O8P.C2H5NO2/c12-10(16)6-2-1-3-13(4-6)11-9(15)8(14)7(21-11)5-20-22(17,18)19;3-1-2(4)5/h1-4,7-9,11,14-15H,5H2,(H3-,12,16,17,18,19);1,3H2,(H,4,5)/t7-,8-,9-,11-;/m1./s1. The number of hydrogen-bond donors (Lipinski definition) is 5. The number of carboxylic acid groups (broad SMARTS) is 1. The van der Waals surface area contributed by atoms with Gasteiger partial charge < -0.3 is 50.4 Å². The molecule has 1 aliphatic heterocycles. The summed E-state index contributed by atoms with van der Waals surface area (Å²) in [6.45, 7) is -0.755. The Kier molecular flexibility index (Phi) is 8.40. The Labute approximate surface area is 153 Å². The molecule has 0 aliphatic carbocycles. The third kappa shape index (κ3) is 7.28. The maximum atomic E-state index is 11.1. The number of carbonyl (C=O) groups is 2. The maximum absolute atomic E-state index is 11.1. The molecule has 4 atom stereocenters. The average Bonchev–Trinajstić information content (AvgIpc) is 2.88. The zero-order valence-corrected chi connectivity index (χ0v) is 14.8. The van der Waals surface area contributed by atoms with Crippen LogP contribution in [-0.4, -0.2) is 58.7 Å². The first-order chi connectivity index (χ1) is 12.5. The number of ether oxygens (including phenoxy) is 1. The fraction of sp³-hybridized carbons (Fsp3) is 0.462. The van der Waals surface area contributed by atoms with Crippen molar-refractivity contribution >= 4 is 19.7 Å². The van der Waals surface area contributed by atoms with Crippen LogP contribution in [0.3, 0.4) is 0 Å². The van der Waals surface area contributed by atoms with Crippen LogP contribution in [0.5, 0.6) is 0 Å². The van der Waals surface area contributed by atoms with Gasteiger partial charge in [-0.25, -0.2) is 4.79 Å². The predicted molar refractivity (Wildman–Crippen MR) is 80.0 cm³/mol. The molecule has 152 valence electrons. The van der Waals surface area contributed by atoms with Crippen LogP contribution >= 0.6 is 7.82 Å². The first-order valence-corrected chi connectivity index (χ1v) is 8.92. The van der Waals surface area contributed by atoms with E-state index < -0.39 is 50.8 Å². The zero-order valence-electron chi connectivity index (χ0n) is 13.9. The van der Waals surface area contributed by atoms with E-state index in [9.17, 15) is 34.2 Å². The van der Waals surface area contributed by atoms with Gasteiger partial charge in [-0.05, 0) is 6.07 Å². The number of primary amides is 1. The number of rotatable bonds is 6. The summed E-state index contributed by atoms with van der Waals surface area (Å²) in [5.74, 6) is -1.55. The molecule has 2 heterocycles. The van der Waals surface area contributed by atoms with E-state index >= 15 is 0 Å². The van der Waals surface area contributed by atoms with Crippen LogP contribution in [0.15, 0.2) is 24.5 Å². The van der Waals surface area contributed by atoms with Gasteiger partial charge in [-0.1, -0.05) is 0 Å². The molecule has 8 N–H and O–H groups in total. The number of aromatic nitrogens is 1. The fourth-order valence-corrected chi connectivity index (χ4v) is 2.40. The molecule has 1 saturated heterocycles. The number of phosphoric acid groups is 1. The molecule has 2 rings (SSSR count). The molecule has 13 nitrogen and oxygen atoms in total. The fourth-order valence-electron chi connectivity index (χ4n) is 2.07. The number of nitrogens with two attached hydrogens (primary N) is 1. The van der Waals surface area contributed by atoms with Gasteiger partial charge in [-0.2, -0.15) is 4.57 Å². The third-order valence-corrected chi connectivity index (χ3v) is 3.81. The van der Waals surface area contributed by atoms with E-state index in [1.54, 1.807) is 0 Å². The van der Waals surface area contributed by atoms with Crippen LogP contribution in [0, 0.1) is 0 Å². The van der Waals surface area contributed by atoms with Crippen LogP contribution in [-0.2, 0) is 18.6 Å². The highest BCUT2D eigenvalue weighted by Gasteiger charge is 2.48.